The molecule has 4 rings (SSSR count). The van der Waals surface area contributed by atoms with E-state index in [-0.39, 0.29) is 0 Å². The van der Waals surface area contributed by atoms with Crippen molar-refractivity contribution in [1.29, 1.82) is 0 Å². The van der Waals surface area contributed by atoms with Crippen LogP contribution in [0.25, 0.3) is 0 Å². The third-order valence-corrected chi connectivity index (χ3v) is 7.07. The van der Waals surface area contributed by atoms with Gasteiger partial charge in [-0.25, -0.2) is 0 Å². The normalized spacial score (nSPS) is 16.6. The van der Waals surface area contributed by atoms with Crippen molar-refractivity contribution in [3.8, 4) is 0 Å². The summed E-state index contributed by atoms with van der Waals surface area (Å²) >= 11 is 0. The fourth-order valence-electron chi connectivity index (χ4n) is 3.07. The van der Waals surface area contributed by atoms with Crippen LogP contribution in [-0.2, 0) is 6.42 Å². The van der Waals surface area contributed by atoms with Crippen molar-refractivity contribution in [2.24, 2.45) is 0 Å². The average Bonchev–Trinajstić information content (AvgIpc) is 2.56. The van der Waals surface area contributed by atoms with Crippen LogP contribution < -0.4 is 0 Å². The summed E-state index contributed by atoms with van der Waals surface area (Å²) in [5, 5.41) is 0. The van der Waals surface area contributed by atoms with Gasteiger partial charge in [-0.3, -0.25) is 0 Å². The zero-order valence-corrected chi connectivity index (χ0v) is 12.4. The second-order valence-corrected chi connectivity index (χ2v) is 7.80. The highest BCUT2D eigenvalue weighted by molar-refractivity contribution is 8.29. The maximum atomic E-state index is 11.7. The molecule has 0 aliphatic carbocycles. The van der Waals surface area contributed by atoms with E-state index in [1.165, 1.54) is 11.1 Å². The number of hydrogen-bond donors (Lipinski definition) is 1. The highest BCUT2D eigenvalue weighted by atomic mass is 32.3. The second kappa shape index (κ2) is 4.76. The molecule has 0 fully saturated rings. The van der Waals surface area contributed by atoms with Gasteiger partial charge in [-0.05, 0) is 41.8 Å². The molecule has 1 nitrogen and oxygen atoms in total. The minimum Gasteiger partial charge on any atom is -0.338 e. The Morgan fingerprint density at radius 2 is 1.10 bits per heavy atom. The van der Waals surface area contributed by atoms with E-state index in [9.17, 15) is 4.55 Å². The highest BCUT2D eigenvalue weighted by Gasteiger charge is 2.35. The number of hydrogen-bond acceptors (Lipinski definition) is 1. The van der Waals surface area contributed by atoms with Crippen LogP contribution in [0, 0.1) is 0 Å². The van der Waals surface area contributed by atoms with E-state index in [0.717, 1.165) is 21.1 Å². The van der Waals surface area contributed by atoms with Crippen LogP contribution in [0.4, 0.5) is 0 Å². The molecule has 0 aromatic heterocycles. The third-order valence-electron chi connectivity index (χ3n) is 4.05. The Kier molecular flexibility index (Phi) is 2.88. The molecule has 2 heteroatoms. The Hall–Kier alpha value is -2.03. The summed E-state index contributed by atoms with van der Waals surface area (Å²) in [6.07, 6.45) is 0.897. The molecule has 3 aromatic rings. The first-order valence-corrected chi connectivity index (χ1v) is 8.66. The quantitative estimate of drug-likeness (QED) is 0.641. The summed E-state index contributed by atoms with van der Waals surface area (Å²) in [5.41, 5.74) is 2.47. The van der Waals surface area contributed by atoms with Crippen LogP contribution in [0.2, 0.25) is 0 Å². The molecule has 104 valence electrons. The van der Waals surface area contributed by atoms with E-state index in [1.54, 1.807) is 0 Å². The van der Waals surface area contributed by atoms with Crippen molar-refractivity contribution in [2.45, 2.75) is 21.1 Å². The van der Waals surface area contributed by atoms with Crippen LogP contribution in [0.3, 0.4) is 0 Å². The second-order valence-electron chi connectivity index (χ2n) is 5.29. The van der Waals surface area contributed by atoms with E-state index in [2.05, 4.69) is 36.4 Å². The Balaban J connectivity index is 2.06. The van der Waals surface area contributed by atoms with Gasteiger partial charge in [0.15, 0.2) is 0 Å². The molecule has 0 spiro atoms. The van der Waals surface area contributed by atoms with E-state index in [1.807, 2.05) is 42.5 Å². The van der Waals surface area contributed by atoms with Gasteiger partial charge in [-0.2, -0.15) is 0 Å². The smallest absolute Gasteiger partial charge is 0.0248 e. The van der Waals surface area contributed by atoms with Crippen LogP contribution in [-0.4, -0.2) is 4.55 Å². The number of fused-ring (bicyclic) bond motifs is 2. The van der Waals surface area contributed by atoms with Crippen LogP contribution in [0.1, 0.15) is 11.1 Å². The molecule has 0 bridgehead atoms. The minimum absolute atomic E-state index is 0.897. The minimum atomic E-state index is -2.14. The molecule has 0 radical (unpaired) electrons. The lowest BCUT2D eigenvalue weighted by molar-refractivity contribution is 0.617. The van der Waals surface area contributed by atoms with Gasteiger partial charge in [0.2, 0.25) is 0 Å². The van der Waals surface area contributed by atoms with Gasteiger partial charge in [0.25, 0.3) is 0 Å². The molecule has 21 heavy (non-hydrogen) atoms. The van der Waals surface area contributed by atoms with Crippen LogP contribution in [0.5, 0.6) is 0 Å². The van der Waals surface area contributed by atoms with E-state index in [4.69, 9.17) is 0 Å². The predicted octanol–water partition coefficient (Wildman–Crippen LogP) is 5.35. The molecule has 0 unspecified atom stereocenters. The summed E-state index contributed by atoms with van der Waals surface area (Å²) in [6.45, 7) is 0. The molecular weight excluding hydrogens is 276 g/mol. The predicted molar refractivity (Wildman–Crippen MR) is 87.1 cm³/mol. The largest absolute Gasteiger partial charge is 0.338 e. The van der Waals surface area contributed by atoms with Crippen molar-refractivity contribution in [3.05, 3.63) is 90.0 Å². The van der Waals surface area contributed by atoms with E-state index >= 15 is 0 Å². The topological polar surface area (TPSA) is 20.2 Å². The van der Waals surface area contributed by atoms with Gasteiger partial charge in [0.1, 0.15) is 0 Å². The fourth-order valence-corrected chi connectivity index (χ4v) is 5.96. The third kappa shape index (κ3) is 1.84. The zero-order valence-electron chi connectivity index (χ0n) is 11.6. The van der Waals surface area contributed by atoms with Crippen molar-refractivity contribution in [1.82, 2.24) is 0 Å². The van der Waals surface area contributed by atoms with Gasteiger partial charge >= 0.3 is 0 Å². The lowest BCUT2D eigenvalue weighted by Crippen LogP contribution is -2.13. The van der Waals surface area contributed by atoms with Crippen molar-refractivity contribution < 1.29 is 4.55 Å². The molecule has 0 amide bonds. The van der Waals surface area contributed by atoms with Crippen molar-refractivity contribution >= 4 is 10.3 Å². The maximum Gasteiger partial charge on any atom is 0.0248 e. The molecule has 1 aliphatic heterocycles. The first kappa shape index (κ1) is 12.7. The highest BCUT2D eigenvalue weighted by Crippen LogP contribution is 2.68. The Morgan fingerprint density at radius 3 is 1.67 bits per heavy atom. The van der Waals surface area contributed by atoms with E-state index in [0.29, 0.717) is 0 Å². The Labute approximate surface area is 126 Å². The van der Waals surface area contributed by atoms with Gasteiger partial charge in [-0.15, -0.1) is 0 Å². The molecule has 0 atom stereocenters. The molecule has 0 saturated heterocycles. The summed E-state index contributed by atoms with van der Waals surface area (Å²) in [5.74, 6) is 0. The first-order chi connectivity index (χ1) is 10.3. The van der Waals surface area contributed by atoms with Gasteiger partial charge in [-0.1, -0.05) is 64.9 Å². The summed E-state index contributed by atoms with van der Waals surface area (Å²) < 4.78 is 11.7. The standard InChI is InChI=1S/C19H16OS/c20-21(17-10-2-1-3-11-17)18-12-6-4-8-15(18)14-16-9-5-7-13-19(16)21/h1-13,20H,14H2. The summed E-state index contributed by atoms with van der Waals surface area (Å²) in [7, 11) is -2.14. The fraction of sp³-hybridized carbons (Fsp3) is 0.0526. The lowest BCUT2D eigenvalue weighted by Gasteiger charge is -2.41. The van der Waals surface area contributed by atoms with Gasteiger partial charge in [0.05, 0.1) is 0 Å². The number of rotatable bonds is 1. The van der Waals surface area contributed by atoms with Gasteiger partial charge in [0, 0.05) is 14.7 Å². The molecule has 3 aromatic carbocycles. The lowest BCUT2D eigenvalue weighted by atomic mass is 10.0. The molecule has 1 N–H and O–H groups in total. The van der Waals surface area contributed by atoms with Crippen LogP contribution in [0.15, 0.2) is 93.5 Å². The first-order valence-electron chi connectivity index (χ1n) is 7.07. The van der Waals surface area contributed by atoms with Gasteiger partial charge < -0.3 is 4.55 Å². The Morgan fingerprint density at radius 1 is 0.619 bits per heavy atom. The van der Waals surface area contributed by atoms with E-state index < -0.39 is 10.3 Å². The Bertz CT molecular complexity index is 750. The number of benzene rings is 3. The monoisotopic (exact) mass is 292 g/mol. The van der Waals surface area contributed by atoms with Crippen molar-refractivity contribution in [3.63, 3.8) is 0 Å². The summed E-state index contributed by atoms with van der Waals surface area (Å²) in [4.78, 5) is 3.16. The maximum absolute atomic E-state index is 11.7. The molecule has 0 saturated carbocycles. The average molecular weight is 292 g/mol. The molecule has 1 heterocycles. The summed E-state index contributed by atoms with van der Waals surface area (Å²) in [6, 6.07) is 26.6. The molecular formula is C19H16OS. The van der Waals surface area contributed by atoms with Crippen LogP contribution >= 0.6 is 10.3 Å². The van der Waals surface area contributed by atoms with Crippen molar-refractivity contribution in [2.75, 3.05) is 0 Å². The SMILES string of the molecule is OS1(c2ccccc2)c2ccccc2Cc2ccccc21. The zero-order chi connectivity index (χ0) is 14.3. The molecule has 1 aliphatic rings.